The quantitative estimate of drug-likeness (QED) is 0.743. The molecule has 0 bridgehead atoms. The molecule has 5 nitrogen and oxygen atoms in total. The number of aryl methyl sites for hydroxylation is 1. The summed E-state index contributed by atoms with van der Waals surface area (Å²) in [5.41, 5.74) is 7.98. The van der Waals surface area contributed by atoms with Gasteiger partial charge in [-0.3, -0.25) is 0 Å². The molecule has 0 fully saturated rings. The Hall–Kier alpha value is -1.47. The van der Waals surface area contributed by atoms with Crippen molar-refractivity contribution in [3.8, 4) is 0 Å². The molecule has 0 unspecified atom stereocenters. The normalized spacial score (nSPS) is 11.4. The topological polar surface area (TPSA) is 98.2 Å². The lowest BCUT2D eigenvalue weighted by atomic mass is 10.2. The van der Waals surface area contributed by atoms with Crippen LogP contribution in [0, 0.1) is 6.92 Å². The molecule has 0 aliphatic rings. The number of anilines is 3. The Balaban J connectivity index is 2.39. The maximum Gasteiger partial charge on any atom is 0.238 e. The predicted molar refractivity (Wildman–Crippen MR) is 86.7 cm³/mol. The van der Waals surface area contributed by atoms with E-state index in [0.717, 1.165) is 5.56 Å². The van der Waals surface area contributed by atoms with Gasteiger partial charge in [0.1, 0.15) is 0 Å². The molecule has 21 heavy (non-hydrogen) atoms. The standard InChI is InChI=1S/C13H13Cl2N3O2S/c1-7-4-10(15)13(6-9(7)14)18-12-3-2-8(5-11(12)16)21(17,19)20/h2-6,18H,16H2,1H3,(H2,17,19,20). The van der Waals surface area contributed by atoms with E-state index >= 15 is 0 Å². The first-order chi connectivity index (χ1) is 9.68. The average molecular weight is 346 g/mol. The van der Waals surface area contributed by atoms with Crippen molar-refractivity contribution in [3.63, 3.8) is 0 Å². The van der Waals surface area contributed by atoms with E-state index in [-0.39, 0.29) is 10.6 Å². The molecule has 2 rings (SSSR count). The molecular weight excluding hydrogens is 333 g/mol. The molecule has 0 radical (unpaired) electrons. The molecular formula is C13H13Cl2N3O2S. The van der Waals surface area contributed by atoms with Crippen LogP contribution in [0.5, 0.6) is 0 Å². The minimum absolute atomic E-state index is 0.0569. The number of nitrogens with one attached hydrogen (secondary N) is 1. The van der Waals surface area contributed by atoms with E-state index in [1.807, 2.05) is 6.92 Å². The third-order valence-corrected chi connectivity index (χ3v) is 4.50. The summed E-state index contributed by atoms with van der Waals surface area (Å²) < 4.78 is 22.5. The van der Waals surface area contributed by atoms with Crippen LogP contribution < -0.4 is 16.2 Å². The smallest absolute Gasteiger partial charge is 0.238 e. The molecule has 8 heteroatoms. The number of halogens is 2. The monoisotopic (exact) mass is 345 g/mol. The van der Waals surface area contributed by atoms with Crippen molar-refractivity contribution >= 4 is 50.3 Å². The fraction of sp³-hybridized carbons (Fsp3) is 0.0769. The van der Waals surface area contributed by atoms with E-state index in [9.17, 15) is 8.42 Å². The largest absolute Gasteiger partial charge is 0.397 e. The van der Waals surface area contributed by atoms with Crippen molar-refractivity contribution < 1.29 is 8.42 Å². The number of hydrogen-bond acceptors (Lipinski definition) is 4. The fourth-order valence-corrected chi connectivity index (χ4v) is 2.70. The Bertz CT molecular complexity index is 807. The first-order valence-corrected chi connectivity index (χ1v) is 8.13. The highest BCUT2D eigenvalue weighted by Gasteiger charge is 2.11. The third kappa shape index (κ3) is 3.59. The molecule has 0 saturated heterocycles. The van der Waals surface area contributed by atoms with Crippen LogP contribution in [0.4, 0.5) is 17.1 Å². The van der Waals surface area contributed by atoms with E-state index in [1.54, 1.807) is 12.1 Å². The van der Waals surface area contributed by atoms with Gasteiger partial charge in [0.25, 0.3) is 0 Å². The second-order valence-corrected chi connectivity index (χ2v) is 6.88. The second-order valence-electron chi connectivity index (χ2n) is 4.50. The Morgan fingerprint density at radius 3 is 2.29 bits per heavy atom. The van der Waals surface area contributed by atoms with E-state index in [1.165, 1.54) is 18.2 Å². The van der Waals surface area contributed by atoms with Gasteiger partial charge in [0.2, 0.25) is 10.0 Å². The van der Waals surface area contributed by atoms with E-state index in [0.29, 0.717) is 21.4 Å². The number of hydrogen-bond donors (Lipinski definition) is 3. The molecule has 2 aromatic carbocycles. The van der Waals surface area contributed by atoms with Gasteiger partial charge in [-0.05, 0) is 42.8 Å². The third-order valence-electron chi connectivity index (χ3n) is 2.87. The van der Waals surface area contributed by atoms with Gasteiger partial charge < -0.3 is 11.1 Å². The summed E-state index contributed by atoms with van der Waals surface area (Å²) in [6, 6.07) is 7.55. The van der Waals surface area contributed by atoms with Crippen LogP contribution in [-0.2, 0) is 10.0 Å². The Labute approximate surface area is 132 Å². The summed E-state index contributed by atoms with van der Waals surface area (Å²) >= 11 is 12.2. The molecule has 0 aliphatic carbocycles. The molecule has 2 aromatic rings. The predicted octanol–water partition coefficient (Wildman–Crippen LogP) is 3.28. The molecule has 0 saturated carbocycles. The lowest BCUT2D eigenvalue weighted by Crippen LogP contribution is -2.12. The lowest BCUT2D eigenvalue weighted by molar-refractivity contribution is 0.598. The zero-order valence-electron chi connectivity index (χ0n) is 11.0. The van der Waals surface area contributed by atoms with Crippen LogP contribution in [0.1, 0.15) is 5.56 Å². The zero-order chi connectivity index (χ0) is 15.8. The molecule has 0 aromatic heterocycles. The van der Waals surface area contributed by atoms with Gasteiger partial charge in [-0.25, -0.2) is 13.6 Å². The van der Waals surface area contributed by atoms with Gasteiger partial charge in [-0.1, -0.05) is 23.2 Å². The average Bonchev–Trinajstić information content (AvgIpc) is 2.36. The Morgan fingerprint density at radius 1 is 1.05 bits per heavy atom. The van der Waals surface area contributed by atoms with Crippen molar-refractivity contribution in [2.24, 2.45) is 5.14 Å². The fourth-order valence-electron chi connectivity index (χ4n) is 1.72. The number of nitrogen functional groups attached to an aromatic ring is 1. The van der Waals surface area contributed by atoms with Crippen LogP contribution in [0.15, 0.2) is 35.2 Å². The molecule has 5 N–H and O–H groups in total. The van der Waals surface area contributed by atoms with Crippen LogP contribution in [0.3, 0.4) is 0 Å². The molecule has 0 spiro atoms. The number of primary sulfonamides is 1. The SMILES string of the molecule is Cc1cc(Cl)c(Nc2ccc(S(N)(=O)=O)cc2N)cc1Cl. The minimum atomic E-state index is -3.79. The van der Waals surface area contributed by atoms with E-state index < -0.39 is 10.0 Å². The van der Waals surface area contributed by atoms with Crippen molar-refractivity contribution in [2.75, 3.05) is 11.1 Å². The molecule has 0 atom stereocenters. The summed E-state index contributed by atoms with van der Waals surface area (Å²) in [6.07, 6.45) is 0. The zero-order valence-corrected chi connectivity index (χ0v) is 13.4. The van der Waals surface area contributed by atoms with Crippen LogP contribution in [-0.4, -0.2) is 8.42 Å². The maximum absolute atomic E-state index is 11.3. The first kappa shape index (κ1) is 15.9. The number of benzene rings is 2. The number of nitrogens with two attached hydrogens (primary N) is 2. The van der Waals surface area contributed by atoms with E-state index in [2.05, 4.69) is 5.32 Å². The summed E-state index contributed by atoms with van der Waals surface area (Å²) in [4.78, 5) is -0.0569. The minimum Gasteiger partial charge on any atom is -0.397 e. The van der Waals surface area contributed by atoms with Crippen LogP contribution >= 0.6 is 23.2 Å². The summed E-state index contributed by atoms with van der Waals surface area (Å²) in [5.74, 6) is 0. The lowest BCUT2D eigenvalue weighted by Gasteiger charge is -2.13. The van der Waals surface area contributed by atoms with Crippen molar-refractivity contribution in [1.29, 1.82) is 0 Å². The summed E-state index contributed by atoms with van der Waals surface area (Å²) in [7, 11) is -3.79. The van der Waals surface area contributed by atoms with Gasteiger partial charge in [0.15, 0.2) is 0 Å². The highest BCUT2D eigenvalue weighted by molar-refractivity contribution is 7.89. The molecule has 0 aliphatic heterocycles. The second kappa shape index (κ2) is 5.73. The molecule has 0 heterocycles. The van der Waals surface area contributed by atoms with Crippen LogP contribution in [0.2, 0.25) is 10.0 Å². The maximum atomic E-state index is 11.3. The highest BCUT2D eigenvalue weighted by atomic mass is 35.5. The van der Waals surface area contributed by atoms with Crippen molar-refractivity contribution in [1.82, 2.24) is 0 Å². The van der Waals surface area contributed by atoms with Crippen molar-refractivity contribution in [2.45, 2.75) is 11.8 Å². The highest BCUT2D eigenvalue weighted by Crippen LogP contribution is 2.33. The van der Waals surface area contributed by atoms with Gasteiger partial charge >= 0.3 is 0 Å². The van der Waals surface area contributed by atoms with Gasteiger partial charge in [0.05, 0.1) is 27.0 Å². The van der Waals surface area contributed by atoms with Gasteiger partial charge in [-0.15, -0.1) is 0 Å². The van der Waals surface area contributed by atoms with Crippen molar-refractivity contribution in [3.05, 3.63) is 45.9 Å². The first-order valence-electron chi connectivity index (χ1n) is 5.83. The molecule has 0 amide bonds. The summed E-state index contributed by atoms with van der Waals surface area (Å²) in [5, 5.41) is 9.09. The Morgan fingerprint density at radius 2 is 1.71 bits per heavy atom. The number of rotatable bonds is 3. The van der Waals surface area contributed by atoms with Gasteiger partial charge in [-0.2, -0.15) is 0 Å². The van der Waals surface area contributed by atoms with Gasteiger partial charge in [0, 0.05) is 5.02 Å². The Kier molecular flexibility index (Phi) is 4.34. The van der Waals surface area contributed by atoms with E-state index in [4.69, 9.17) is 34.1 Å². The summed E-state index contributed by atoms with van der Waals surface area (Å²) in [6.45, 7) is 1.84. The van der Waals surface area contributed by atoms with Crippen LogP contribution in [0.25, 0.3) is 0 Å². The number of sulfonamides is 1. The molecule has 112 valence electrons.